The Kier molecular flexibility index (Phi) is 10.4. The minimum atomic E-state index is -1.86. The summed E-state index contributed by atoms with van der Waals surface area (Å²) in [5.41, 5.74) is 0. The molecule has 0 radical (unpaired) electrons. The topological polar surface area (TPSA) is 267 Å². The first-order valence-electron chi connectivity index (χ1n) is 11.5. The predicted molar refractivity (Wildman–Crippen MR) is 114 cm³/mol. The SMILES string of the molecule is CO[C@@H]1O[C@H](CO)C(O[C@@H]2O[C@H](CO)[C@H](O)[C@H](O)[C@H]2O)[C@H](O[C@@H]2O[C@@H](C)[C@@H](O)[C@@H](O)[C@@H]2O)[C@H]1NC(=O)O. The number of rotatable bonds is 8. The van der Waals surface area contributed by atoms with Gasteiger partial charge in [-0.2, -0.15) is 0 Å². The van der Waals surface area contributed by atoms with E-state index in [9.17, 15) is 50.8 Å². The maximum Gasteiger partial charge on any atom is 0.405 e. The van der Waals surface area contributed by atoms with Crippen LogP contribution in [-0.4, -0.2) is 164 Å². The van der Waals surface area contributed by atoms with Crippen molar-refractivity contribution in [1.82, 2.24) is 5.32 Å². The highest BCUT2D eigenvalue weighted by molar-refractivity contribution is 5.65. The van der Waals surface area contributed by atoms with Crippen molar-refractivity contribution in [1.29, 1.82) is 0 Å². The van der Waals surface area contributed by atoms with Gasteiger partial charge in [-0.1, -0.05) is 0 Å². The summed E-state index contributed by atoms with van der Waals surface area (Å²) >= 11 is 0. The molecule has 37 heavy (non-hydrogen) atoms. The van der Waals surface area contributed by atoms with Crippen molar-refractivity contribution in [3.05, 3.63) is 0 Å². The molecule has 15 atom stereocenters. The van der Waals surface area contributed by atoms with E-state index >= 15 is 0 Å². The molecule has 3 rings (SSSR count). The molecule has 0 aromatic rings. The number of amides is 1. The van der Waals surface area contributed by atoms with E-state index in [1.165, 1.54) is 14.0 Å². The Balaban J connectivity index is 1.95. The molecule has 3 aliphatic heterocycles. The van der Waals surface area contributed by atoms with Gasteiger partial charge in [0, 0.05) is 7.11 Å². The molecule has 0 saturated carbocycles. The van der Waals surface area contributed by atoms with E-state index in [2.05, 4.69) is 5.32 Å². The normalized spacial score (nSPS) is 49.0. The zero-order valence-electron chi connectivity index (χ0n) is 20.0. The monoisotopic (exact) mass is 545 g/mol. The molecule has 0 aromatic heterocycles. The molecule has 17 heteroatoms. The lowest BCUT2D eigenvalue weighted by Crippen LogP contribution is -2.69. The average molecular weight is 545 g/mol. The first-order valence-corrected chi connectivity index (χ1v) is 11.5. The third-order valence-corrected chi connectivity index (χ3v) is 6.59. The molecule has 0 aliphatic carbocycles. The number of ether oxygens (including phenoxy) is 6. The fourth-order valence-electron chi connectivity index (χ4n) is 4.49. The van der Waals surface area contributed by atoms with Crippen LogP contribution in [0, 0.1) is 0 Å². The van der Waals surface area contributed by atoms with Gasteiger partial charge in [-0.05, 0) is 6.92 Å². The maximum absolute atomic E-state index is 11.6. The molecular formula is C20H35NO16. The summed E-state index contributed by atoms with van der Waals surface area (Å²) in [4.78, 5) is 11.6. The fraction of sp³-hybridized carbons (Fsp3) is 0.950. The number of aliphatic hydroxyl groups is 8. The second kappa shape index (κ2) is 12.7. The fourth-order valence-corrected chi connectivity index (χ4v) is 4.49. The molecule has 3 heterocycles. The van der Waals surface area contributed by atoms with Crippen molar-refractivity contribution in [2.24, 2.45) is 0 Å². The second-order valence-corrected chi connectivity index (χ2v) is 9.02. The third-order valence-electron chi connectivity index (χ3n) is 6.59. The van der Waals surface area contributed by atoms with Crippen molar-refractivity contribution in [3.63, 3.8) is 0 Å². The highest BCUT2D eigenvalue weighted by Crippen LogP contribution is 2.33. The zero-order chi connectivity index (χ0) is 27.6. The second-order valence-electron chi connectivity index (χ2n) is 9.02. The molecule has 3 aliphatic rings. The quantitative estimate of drug-likeness (QED) is 0.136. The molecule has 17 nitrogen and oxygen atoms in total. The van der Waals surface area contributed by atoms with E-state index in [0.717, 1.165) is 0 Å². The van der Waals surface area contributed by atoms with Gasteiger partial charge < -0.3 is 79.7 Å². The molecular weight excluding hydrogens is 510 g/mol. The predicted octanol–water partition coefficient (Wildman–Crippen LogP) is -5.62. The Morgan fingerprint density at radius 1 is 0.730 bits per heavy atom. The van der Waals surface area contributed by atoms with Gasteiger partial charge in [-0.25, -0.2) is 4.79 Å². The van der Waals surface area contributed by atoms with Gasteiger partial charge in [0.05, 0.1) is 19.3 Å². The Morgan fingerprint density at radius 3 is 1.78 bits per heavy atom. The number of methoxy groups -OCH3 is 1. The molecule has 3 saturated heterocycles. The standard InChI is InChI=1S/C20H35NO16/c1-5-9(24)11(26)13(28)18(33-5)37-16-8(21-20(30)31)17(32-2)35-7(4-23)15(16)36-19-14(29)12(27)10(25)6(3-22)34-19/h5-19,21-29H,3-4H2,1-2H3,(H,30,31)/t5-,6+,7+,8+,9+,10-,11+,12-,13-,14+,15?,16+,17+,18-,19-/m0/s1. The van der Waals surface area contributed by atoms with E-state index in [-0.39, 0.29) is 0 Å². The highest BCUT2D eigenvalue weighted by atomic mass is 16.8. The summed E-state index contributed by atoms with van der Waals surface area (Å²) in [7, 11) is 1.18. The molecule has 3 fully saturated rings. The lowest BCUT2D eigenvalue weighted by molar-refractivity contribution is -0.371. The molecule has 0 aromatic carbocycles. The number of hydrogen-bond donors (Lipinski definition) is 10. The van der Waals surface area contributed by atoms with Crippen molar-refractivity contribution in [2.75, 3.05) is 20.3 Å². The Labute approximate surface area is 210 Å². The third kappa shape index (κ3) is 6.31. The van der Waals surface area contributed by atoms with Gasteiger partial charge in [-0.3, -0.25) is 0 Å². The lowest BCUT2D eigenvalue weighted by Gasteiger charge is -2.49. The van der Waals surface area contributed by atoms with E-state index in [4.69, 9.17) is 28.4 Å². The van der Waals surface area contributed by atoms with Crippen LogP contribution in [0.5, 0.6) is 0 Å². The van der Waals surface area contributed by atoms with Gasteiger partial charge in [0.1, 0.15) is 67.1 Å². The number of aliphatic hydroxyl groups excluding tert-OH is 8. The zero-order valence-corrected chi connectivity index (χ0v) is 20.0. The van der Waals surface area contributed by atoms with Crippen LogP contribution in [0.2, 0.25) is 0 Å². The van der Waals surface area contributed by atoms with Gasteiger partial charge in [0.15, 0.2) is 18.9 Å². The Bertz CT molecular complexity index is 745. The Hall–Kier alpha value is -1.29. The highest BCUT2D eigenvalue weighted by Gasteiger charge is 2.54. The van der Waals surface area contributed by atoms with Crippen molar-refractivity contribution >= 4 is 6.09 Å². The lowest BCUT2D eigenvalue weighted by atomic mass is 9.94. The van der Waals surface area contributed by atoms with Crippen LogP contribution in [0.4, 0.5) is 4.79 Å². The largest absolute Gasteiger partial charge is 0.465 e. The number of nitrogens with one attached hydrogen (secondary N) is 1. The van der Waals surface area contributed by atoms with Crippen molar-refractivity contribution in [2.45, 2.75) is 99.0 Å². The smallest absolute Gasteiger partial charge is 0.405 e. The minimum absolute atomic E-state index is 0.757. The summed E-state index contributed by atoms with van der Waals surface area (Å²) in [5.74, 6) is 0. The molecule has 0 spiro atoms. The summed E-state index contributed by atoms with van der Waals surface area (Å²) in [6.07, 6.45) is -23.4. The van der Waals surface area contributed by atoms with Crippen LogP contribution < -0.4 is 5.32 Å². The molecule has 1 unspecified atom stereocenters. The van der Waals surface area contributed by atoms with Gasteiger partial charge in [0.2, 0.25) is 0 Å². The number of hydrogen-bond acceptors (Lipinski definition) is 15. The first kappa shape index (κ1) is 30.3. The minimum Gasteiger partial charge on any atom is -0.465 e. The number of carboxylic acid groups (broad SMARTS) is 1. The van der Waals surface area contributed by atoms with Crippen LogP contribution in [0.1, 0.15) is 6.92 Å². The van der Waals surface area contributed by atoms with Crippen LogP contribution in [-0.2, 0) is 28.4 Å². The van der Waals surface area contributed by atoms with E-state index in [1.54, 1.807) is 0 Å². The van der Waals surface area contributed by atoms with Crippen LogP contribution in [0.15, 0.2) is 0 Å². The van der Waals surface area contributed by atoms with E-state index in [0.29, 0.717) is 0 Å². The summed E-state index contributed by atoms with van der Waals surface area (Å²) in [6.45, 7) is -0.124. The van der Waals surface area contributed by atoms with Crippen LogP contribution in [0.25, 0.3) is 0 Å². The first-order chi connectivity index (χ1) is 17.4. The van der Waals surface area contributed by atoms with E-state index < -0.39 is 111 Å². The van der Waals surface area contributed by atoms with Crippen molar-refractivity contribution < 1.29 is 79.2 Å². The Morgan fingerprint density at radius 2 is 1.24 bits per heavy atom. The van der Waals surface area contributed by atoms with Crippen molar-refractivity contribution in [3.8, 4) is 0 Å². The number of carbonyl (C=O) groups is 1. The van der Waals surface area contributed by atoms with Gasteiger partial charge in [0.25, 0.3) is 0 Å². The average Bonchev–Trinajstić information content (AvgIpc) is 2.87. The van der Waals surface area contributed by atoms with Crippen LogP contribution in [0.3, 0.4) is 0 Å². The van der Waals surface area contributed by atoms with Gasteiger partial charge >= 0.3 is 6.09 Å². The van der Waals surface area contributed by atoms with Crippen LogP contribution >= 0.6 is 0 Å². The molecule has 1 amide bonds. The summed E-state index contributed by atoms with van der Waals surface area (Å²) < 4.78 is 33.2. The summed E-state index contributed by atoms with van der Waals surface area (Å²) in [6, 6.07) is -1.42. The summed E-state index contributed by atoms with van der Waals surface area (Å²) in [5, 5.41) is 92.2. The maximum atomic E-state index is 11.6. The molecule has 10 N–H and O–H groups in total. The molecule has 216 valence electrons. The molecule has 0 bridgehead atoms. The van der Waals surface area contributed by atoms with E-state index in [1.807, 2.05) is 0 Å². The van der Waals surface area contributed by atoms with Gasteiger partial charge in [-0.15, -0.1) is 0 Å².